The highest BCUT2D eigenvalue weighted by atomic mass is 32.2. The predicted octanol–water partition coefficient (Wildman–Crippen LogP) is 6.42. The van der Waals surface area contributed by atoms with Gasteiger partial charge in [-0.05, 0) is 12.8 Å². The lowest BCUT2D eigenvalue weighted by atomic mass is 10.1. The molecule has 0 fully saturated rings. The van der Waals surface area contributed by atoms with E-state index >= 15 is 0 Å². The van der Waals surface area contributed by atoms with Gasteiger partial charge in [0.1, 0.15) is 12.8 Å². The first-order valence-corrected chi connectivity index (χ1v) is 11.5. The normalized spacial score (nSPS) is 16.0. The van der Waals surface area contributed by atoms with E-state index < -0.39 is 84.1 Å². The van der Waals surface area contributed by atoms with E-state index in [0.717, 1.165) is 0 Å². The molecular weight excluding hydrogens is 624 g/mol. The van der Waals surface area contributed by atoms with Crippen LogP contribution in [0.1, 0.15) is 32.1 Å². The van der Waals surface area contributed by atoms with Gasteiger partial charge in [-0.15, -0.1) is 0 Å². The lowest BCUT2D eigenvalue weighted by Gasteiger charge is -2.36. The number of rotatable bonds is 18. The molecule has 0 saturated heterocycles. The molecule has 1 unspecified atom stereocenters. The third kappa shape index (κ3) is 10.9. The second kappa shape index (κ2) is 12.7. The summed E-state index contributed by atoms with van der Waals surface area (Å²) in [6.45, 7) is -3.84. The van der Waals surface area contributed by atoms with Crippen LogP contribution in [0.4, 0.5) is 70.2 Å². The highest BCUT2D eigenvalue weighted by Gasteiger charge is 2.85. The molecule has 0 amide bonds. The van der Waals surface area contributed by atoms with Crippen LogP contribution in [-0.2, 0) is 24.3 Å². The highest BCUT2D eigenvalue weighted by Crippen LogP contribution is 2.55. The molecule has 0 aliphatic carbocycles. The molecule has 0 heterocycles. The van der Waals surface area contributed by atoms with Crippen molar-refractivity contribution in [3.8, 4) is 0 Å². The van der Waals surface area contributed by atoms with Crippen molar-refractivity contribution < 1.29 is 97.4 Å². The third-order valence-corrected chi connectivity index (χ3v) is 5.03. The smallest absolute Gasteiger partial charge is 0.369 e. The number of ether oxygens (including phenoxy) is 3. The molecule has 1 atom stereocenters. The Bertz CT molecular complexity index is 876. The molecule has 0 aromatic carbocycles. The Morgan fingerprint density at radius 1 is 0.641 bits per heavy atom. The van der Waals surface area contributed by atoms with Crippen LogP contribution in [0.3, 0.4) is 0 Å². The first-order valence-electron chi connectivity index (χ1n) is 9.92. The summed E-state index contributed by atoms with van der Waals surface area (Å²) in [6, 6.07) is 0. The van der Waals surface area contributed by atoms with E-state index in [2.05, 4.69) is 9.47 Å². The second-order valence-corrected chi connectivity index (χ2v) is 9.21. The van der Waals surface area contributed by atoms with Crippen LogP contribution in [0.5, 0.6) is 0 Å². The molecule has 6 nitrogen and oxygen atoms in total. The van der Waals surface area contributed by atoms with Gasteiger partial charge in [-0.3, -0.25) is 4.55 Å². The summed E-state index contributed by atoms with van der Waals surface area (Å²) < 4.78 is 244. The fourth-order valence-electron chi connectivity index (χ4n) is 2.31. The Hall–Kier alpha value is -1.33. The average molecular weight is 642 g/mol. The summed E-state index contributed by atoms with van der Waals surface area (Å²) in [7, 11) is -4.23. The zero-order valence-electron chi connectivity index (χ0n) is 18.7. The first-order chi connectivity index (χ1) is 17.0. The molecule has 0 aliphatic heterocycles. The molecule has 0 spiro atoms. The van der Waals surface area contributed by atoms with E-state index in [-0.39, 0.29) is 25.7 Å². The minimum atomic E-state index is -7.96. The lowest BCUT2D eigenvalue weighted by molar-refractivity contribution is -0.543. The third-order valence-electron chi connectivity index (χ3n) is 4.23. The summed E-state index contributed by atoms with van der Waals surface area (Å²) in [5.41, 5.74) is 0. The molecule has 0 radical (unpaired) electrons. The summed E-state index contributed by atoms with van der Waals surface area (Å²) in [6.07, 6.45) is -37.7. The monoisotopic (exact) mass is 642 g/mol. The van der Waals surface area contributed by atoms with Crippen molar-refractivity contribution in [3.05, 3.63) is 0 Å². The van der Waals surface area contributed by atoms with E-state index in [0.29, 0.717) is 0 Å². The molecule has 23 heteroatoms. The van der Waals surface area contributed by atoms with Gasteiger partial charge in [0.25, 0.3) is 10.1 Å². The minimum Gasteiger partial charge on any atom is -0.369 e. The van der Waals surface area contributed by atoms with Crippen molar-refractivity contribution in [2.45, 2.75) is 80.7 Å². The van der Waals surface area contributed by atoms with Crippen LogP contribution in [0.25, 0.3) is 0 Å². The largest absolute Gasteiger partial charge is 0.460 e. The summed E-state index contributed by atoms with van der Waals surface area (Å²) in [5, 5.41) is 0. The van der Waals surface area contributed by atoms with Crippen molar-refractivity contribution >= 4 is 10.1 Å². The molecule has 0 aliphatic rings. The van der Waals surface area contributed by atoms with Gasteiger partial charge in [-0.2, -0.15) is 74.3 Å². The van der Waals surface area contributed by atoms with Gasteiger partial charge >= 0.3 is 42.5 Å². The minimum absolute atomic E-state index is 0.0171. The highest BCUT2D eigenvalue weighted by molar-refractivity contribution is 7.85. The standard InChI is InChI=1S/C16H18F16O6S/c17-9(5-3-1-2-4-6-39(33,34)35)7-36-8-10(18,19)37-15(29,30)16(31,32)38-14(27,28)12(22,23)11(20,21)13(24,25)26/h9H,1-8H2,(H,33,34,35). The molecule has 0 bridgehead atoms. The van der Waals surface area contributed by atoms with Crippen molar-refractivity contribution in [1.82, 2.24) is 0 Å². The van der Waals surface area contributed by atoms with Gasteiger partial charge in [0.05, 0.1) is 12.4 Å². The number of halogens is 16. The topological polar surface area (TPSA) is 82.1 Å². The van der Waals surface area contributed by atoms with Gasteiger partial charge in [-0.25, -0.2) is 13.9 Å². The SMILES string of the molecule is O=S(=O)(O)CCCCCCC(F)COCC(F)(F)OC(F)(F)C(F)(F)OC(F)(F)C(F)(F)C(F)(F)C(F)(F)F. The molecule has 0 aromatic rings. The van der Waals surface area contributed by atoms with Crippen LogP contribution in [0, 0.1) is 0 Å². The Balaban J connectivity index is 5.03. The molecule has 0 saturated carbocycles. The second-order valence-electron chi connectivity index (χ2n) is 7.64. The molecule has 0 aromatic heterocycles. The Morgan fingerprint density at radius 2 is 1.10 bits per heavy atom. The van der Waals surface area contributed by atoms with Crippen LogP contribution in [0.15, 0.2) is 0 Å². The average Bonchev–Trinajstić information content (AvgIpc) is 2.66. The molecule has 0 rings (SSSR count). The van der Waals surface area contributed by atoms with Gasteiger partial charge in [0, 0.05) is 0 Å². The van der Waals surface area contributed by atoms with Crippen LogP contribution >= 0.6 is 0 Å². The van der Waals surface area contributed by atoms with Gasteiger partial charge in [0.15, 0.2) is 0 Å². The summed E-state index contributed by atoms with van der Waals surface area (Å²) >= 11 is 0. The lowest BCUT2D eigenvalue weighted by Crippen LogP contribution is -2.64. The molecule has 1 N–H and O–H groups in total. The Labute approximate surface area is 208 Å². The van der Waals surface area contributed by atoms with Crippen LogP contribution < -0.4 is 0 Å². The van der Waals surface area contributed by atoms with Gasteiger partial charge in [0.2, 0.25) is 0 Å². The Morgan fingerprint density at radius 3 is 1.56 bits per heavy atom. The summed E-state index contributed by atoms with van der Waals surface area (Å²) in [5.74, 6) is -16.4. The van der Waals surface area contributed by atoms with Crippen molar-refractivity contribution in [2.75, 3.05) is 19.0 Å². The van der Waals surface area contributed by atoms with Gasteiger partial charge in [-0.1, -0.05) is 19.3 Å². The molecular formula is C16H18F16O6S. The number of alkyl halides is 16. The van der Waals surface area contributed by atoms with E-state index in [9.17, 15) is 78.7 Å². The van der Waals surface area contributed by atoms with E-state index in [4.69, 9.17) is 4.55 Å². The molecule has 236 valence electrons. The van der Waals surface area contributed by atoms with Gasteiger partial charge < -0.3 is 4.74 Å². The van der Waals surface area contributed by atoms with Crippen molar-refractivity contribution in [2.24, 2.45) is 0 Å². The first kappa shape index (κ1) is 37.7. The Kier molecular flexibility index (Phi) is 12.2. The fraction of sp³-hybridized carbons (Fsp3) is 1.00. The summed E-state index contributed by atoms with van der Waals surface area (Å²) in [4.78, 5) is 0. The van der Waals surface area contributed by atoms with E-state index in [1.54, 1.807) is 0 Å². The fourth-order valence-corrected chi connectivity index (χ4v) is 2.88. The van der Waals surface area contributed by atoms with Crippen molar-refractivity contribution in [1.29, 1.82) is 0 Å². The number of unbranched alkanes of at least 4 members (excludes halogenated alkanes) is 3. The zero-order valence-corrected chi connectivity index (χ0v) is 19.5. The maximum atomic E-state index is 13.6. The predicted molar refractivity (Wildman–Crippen MR) is 93.1 cm³/mol. The van der Waals surface area contributed by atoms with Crippen LogP contribution in [0.2, 0.25) is 0 Å². The maximum Gasteiger partial charge on any atom is 0.460 e. The van der Waals surface area contributed by atoms with Crippen LogP contribution in [-0.4, -0.2) is 80.6 Å². The van der Waals surface area contributed by atoms with E-state index in [1.807, 2.05) is 0 Å². The molecule has 39 heavy (non-hydrogen) atoms. The van der Waals surface area contributed by atoms with E-state index in [1.165, 1.54) is 4.74 Å². The van der Waals surface area contributed by atoms with Crippen molar-refractivity contribution in [3.63, 3.8) is 0 Å². The zero-order chi connectivity index (χ0) is 31.4. The number of hydrogen-bond acceptors (Lipinski definition) is 5. The number of hydrogen-bond donors (Lipinski definition) is 1. The maximum absolute atomic E-state index is 13.6. The quantitative estimate of drug-likeness (QED) is 0.106.